The zero-order valence-electron chi connectivity index (χ0n) is 14.4. The molecule has 7 heteroatoms. The highest BCUT2D eigenvalue weighted by atomic mass is 127. The molecule has 0 atom stereocenters. The molecule has 1 heterocycles. The van der Waals surface area contributed by atoms with E-state index in [1.165, 1.54) is 20.5 Å². The summed E-state index contributed by atoms with van der Waals surface area (Å²) in [4.78, 5) is 12.2. The Morgan fingerprint density at radius 1 is 1.20 bits per heavy atom. The molecule has 25 heavy (non-hydrogen) atoms. The van der Waals surface area contributed by atoms with Gasteiger partial charge in [0.25, 0.3) is 0 Å². The average molecular weight is 450 g/mol. The van der Waals surface area contributed by atoms with Crippen molar-refractivity contribution < 1.29 is 4.74 Å². The van der Waals surface area contributed by atoms with Crippen molar-refractivity contribution in [1.82, 2.24) is 19.8 Å². The van der Waals surface area contributed by atoms with Gasteiger partial charge in [0.05, 0.1) is 5.69 Å². The van der Waals surface area contributed by atoms with Crippen LogP contribution in [-0.4, -0.2) is 19.8 Å². The number of nitrogens with zero attached hydrogens (tertiary/aromatic N) is 4. The first-order chi connectivity index (χ1) is 12.0. The summed E-state index contributed by atoms with van der Waals surface area (Å²) in [6.45, 7) is 4.54. The minimum absolute atomic E-state index is 0.284. The smallest absolute Gasteiger partial charge is 0.368 e. The van der Waals surface area contributed by atoms with E-state index in [2.05, 4.69) is 52.9 Å². The van der Waals surface area contributed by atoms with Crippen molar-refractivity contribution in [3.8, 4) is 11.4 Å². The van der Waals surface area contributed by atoms with Crippen LogP contribution in [0.4, 0.5) is 0 Å². The molecule has 6 nitrogen and oxygen atoms in total. The Labute approximate surface area is 159 Å². The Hall–Kier alpha value is -2.16. The van der Waals surface area contributed by atoms with E-state index in [-0.39, 0.29) is 5.69 Å². The largest absolute Gasteiger partial charge is 0.489 e. The zero-order chi connectivity index (χ0) is 18.0. The standard InChI is InChI=1S/C18H19IN4O2/c1-4-13-10-12(2)8-9-17(13)25-11-14-15(19)6-5-7-16(14)23-18(24)22(3)20-21-23/h5-10H,4,11H2,1-3H3. The van der Waals surface area contributed by atoms with Crippen molar-refractivity contribution in [3.05, 3.63) is 67.1 Å². The molecule has 0 aliphatic heterocycles. The third-order valence-corrected chi connectivity index (χ3v) is 5.02. The molecule has 3 aromatic rings. The predicted molar refractivity (Wildman–Crippen MR) is 104 cm³/mol. The number of tetrazole rings is 1. The van der Waals surface area contributed by atoms with Gasteiger partial charge in [-0.15, -0.1) is 0 Å². The van der Waals surface area contributed by atoms with Crippen molar-refractivity contribution >= 4 is 22.6 Å². The lowest BCUT2D eigenvalue weighted by molar-refractivity contribution is 0.301. The first kappa shape index (κ1) is 17.7. The molecule has 1 aromatic heterocycles. The number of hydrogen-bond donors (Lipinski definition) is 0. The van der Waals surface area contributed by atoms with Crippen molar-refractivity contribution in [2.24, 2.45) is 7.05 Å². The molecule has 0 aliphatic rings. The van der Waals surface area contributed by atoms with Gasteiger partial charge >= 0.3 is 5.69 Å². The number of ether oxygens (including phenoxy) is 1. The Balaban J connectivity index is 1.96. The van der Waals surface area contributed by atoms with Crippen LogP contribution in [0.3, 0.4) is 0 Å². The third-order valence-electron chi connectivity index (χ3n) is 4.01. The van der Waals surface area contributed by atoms with E-state index >= 15 is 0 Å². The molecule has 130 valence electrons. The normalized spacial score (nSPS) is 10.9. The van der Waals surface area contributed by atoms with E-state index in [9.17, 15) is 4.79 Å². The molecule has 0 unspecified atom stereocenters. The minimum atomic E-state index is -0.284. The summed E-state index contributed by atoms with van der Waals surface area (Å²) in [7, 11) is 1.58. The van der Waals surface area contributed by atoms with Gasteiger partial charge in [0.1, 0.15) is 12.4 Å². The fraction of sp³-hybridized carbons (Fsp3) is 0.278. The summed E-state index contributed by atoms with van der Waals surface area (Å²) in [5, 5.41) is 7.74. The maximum absolute atomic E-state index is 12.2. The van der Waals surface area contributed by atoms with E-state index in [1.807, 2.05) is 30.3 Å². The second-order valence-corrected chi connectivity index (χ2v) is 6.95. The summed E-state index contributed by atoms with van der Waals surface area (Å²) >= 11 is 2.25. The van der Waals surface area contributed by atoms with Crippen LogP contribution < -0.4 is 10.4 Å². The van der Waals surface area contributed by atoms with Crippen LogP contribution in [0.15, 0.2) is 41.2 Å². The summed E-state index contributed by atoms with van der Waals surface area (Å²) in [5.74, 6) is 0.866. The molecule has 3 rings (SSSR count). The van der Waals surface area contributed by atoms with Gasteiger partial charge in [-0.25, -0.2) is 4.79 Å². The average Bonchev–Trinajstić information content (AvgIpc) is 2.93. The van der Waals surface area contributed by atoms with Crippen molar-refractivity contribution in [1.29, 1.82) is 0 Å². The molecule has 0 bridgehead atoms. The zero-order valence-corrected chi connectivity index (χ0v) is 16.5. The van der Waals surface area contributed by atoms with Gasteiger partial charge < -0.3 is 4.74 Å². The van der Waals surface area contributed by atoms with Crippen LogP contribution >= 0.6 is 22.6 Å². The number of benzene rings is 2. The van der Waals surface area contributed by atoms with Crippen molar-refractivity contribution in [2.45, 2.75) is 26.9 Å². The van der Waals surface area contributed by atoms with E-state index in [0.717, 1.165) is 21.3 Å². The van der Waals surface area contributed by atoms with E-state index in [4.69, 9.17) is 4.74 Å². The van der Waals surface area contributed by atoms with Gasteiger partial charge in [0, 0.05) is 16.2 Å². The Morgan fingerprint density at radius 3 is 2.68 bits per heavy atom. The molecular weight excluding hydrogens is 431 g/mol. The Morgan fingerprint density at radius 2 is 2.00 bits per heavy atom. The summed E-state index contributed by atoms with van der Waals surface area (Å²) in [6.07, 6.45) is 0.902. The fourth-order valence-corrected chi connectivity index (χ4v) is 3.27. The molecule has 0 spiro atoms. The first-order valence-electron chi connectivity index (χ1n) is 8.00. The van der Waals surface area contributed by atoms with Crippen LogP contribution in [0.2, 0.25) is 0 Å². The molecule has 0 radical (unpaired) electrons. The van der Waals surface area contributed by atoms with Crippen LogP contribution in [0.1, 0.15) is 23.6 Å². The van der Waals surface area contributed by atoms with Crippen LogP contribution in [0, 0.1) is 10.5 Å². The molecule has 2 aromatic carbocycles. The summed E-state index contributed by atoms with van der Waals surface area (Å²) < 4.78 is 9.61. The van der Waals surface area contributed by atoms with Gasteiger partial charge in [-0.3, -0.25) is 0 Å². The van der Waals surface area contributed by atoms with Crippen LogP contribution in [0.25, 0.3) is 5.69 Å². The second kappa shape index (κ2) is 7.38. The van der Waals surface area contributed by atoms with Gasteiger partial charge in [-0.2, -0.15) is 9.36 Å². The van der Waals surface area contributed by atoms with Crippen LogP contribution in [-0.2, 0) is 20.1 Å². The Bertz CT molecular complexity index is 962. The quantitative estimate of drug-likeness (QED) is 0.561. The molecule has 0 N–H and O–H groups in total. The summed E-state index contributed by atoms with van der Waals surface area (Å²) in [5.41, 5.74) is 3.70. The number of aromatic nitrogens is 4. The number of halogens is 1. The molecule has 0 saturated carbocycles. The van der Waals surface area contributed by atoms with Gasteiger partial charge in [0.15, 0.2) is 0 Å². The number of hydrogen-bond acceptors (Lipinski definition) is 4. The molecule has 0 amide bonds. The SMILES string of the molecule is CCc1cc(C)ccc1OCc1c(I)cccc1-n1nnn(C)c1=O. The monoisotopic (exact) mass is 450 g/mol. The lowest BCUT2D eigenvalue weighted by Gasteiger charge is -2.14. The highest BCUT2D eigenvalue weighted by molar-refractivity contribution is 14.1. The maximum atomic E-state index is 12.2. The number of rotatable bonds is 5. The maximum Gasteiger partial charge on any atom is 0.368 e. The second-order valence-electron chi connectivity index (χ2n) is 5.79. The predicted octanol–water partition coefficient (Wildman–Crippen LogP) is 3.02. The molecule has 0 fully saturated rings. The lowest BCUT2D eigenvalue weighted by atomic mass is 10.1. The fourth-order valence-electron chi connectivity index (χ4n) is 2.63. The van der Waals surface area contributed by atoms with Crippen molar-refractivity contribution in [2.75, 3.05) is 0 Å². The molecule has 0 saturated heterocycles. The van der Waals surface area contributed by atoms with Gasteiger partial charge in [-0.1, -0.05) is 30.7 Å². The van der Waals surface area contributed by atoms with Gasteiger partial charge in [-0.05, 0) is 70.1 Å². The van der Waals surface area contributed by atoms with E-state index < -0.39 is 0 Å². The Kier molecular flexibility index (Phi) is 5.22. The van der Waals surface area contributed by atoms with E-state index in [0.29, 0.717) is 12.3 Å². The highest BCUT2D eigenvalue weighted by Crippen LogP contribution is 2.25. The van der Waals surface area contributed by atoms with Crippen molar-refractivity contribution in [3.63, 3.8) is 0 Å². The minimum Gasteiger partial charge on any atom is -0.489 e. The number of aryl methyl sites for hydroxylation is 3. The van der Waals surface area contributed by atoms with Gasteiger partial charge in [0.2, 0.25) is 0 Å². The third kappa shape index (κ3) is 3.60. The van der Waals surface area contributed by atoms with Crippen LogP contribution in [0.5, 0.6) is 5.75 Å². The van der Waals surface area contributed by atoms with E-state index in [1.54, 1.807) is 7.05 Å². The first-order valence-corrected chi connectivity index (χ1v) is 9.08. The highest BCUT2D eigenvalue weighted by Gasteiger charge is 2.14. The summed E-state index contributed by atoms with van der Waals surface area (Å²) in [6, 6.07) is 11.9. The molecule has 0 aliphatic carbocycles. The molecular formula is C18H19IN4O2. The topological polar surface area (TPSA) is 61.9 Å². The lowest BCUT2D eigenvalue weighted by Crippen LogP contribution is -2.23.